The van der Waals surface area contributed by atoms with Gasteiger partial charge in [0.2, 0.25) is 0 Å². The molecule has 0 radical (unpaired) electrons. The summed E-state index contributed by atoms with van der Waals surface area (Å²) in [4.78, 5) is 52.4. The molecule has 9 heteroatoms. The SMILES string of the molecule is CN(CCNC(=O)c1cc(=O)n(C)c2c1c(=O)n(C)c(=O)n2C)C1CCCCC1. The van der Waals surface area contributed by atoms with Gasteiger partial charge in [0.15, 0.2) is 0 Å². The summed E-state index contributed by atoms with van der Waals surface area (Å²) < 4.78 is 3.37. The molecule has 0 aliphatic heterocycles. The normalized spacial score (nSPS) is 15.2. The monoisotopic (exact) mass is 403 g/mol. The van der Waals surface area contributed by atoms with Crippen LogP contribution in [0.3, 0.4) is 0 Å². The van der Waals surface area contributed by atoms with E-state index in [1.807, 2.05) is 0 Å². The van der Waals surface area contributed by atoms with Crippen LogP contribution < -0.4 is 22.1 Å². The van der Waals surface area contributed by atoms with Crippen molar-refractivity contribution in [2.45, 2.75) is 38.1 Å². The molecule has 29 heavy (non-hydrogen) atoms. The van der Waals surface area contributed by atoms with E-state index in [-0.39, 0.29) is 16.6 Å². The molecule has 3 rings (SSSR count). The summed E-state index contributed by atoms with van der Waals surface area (Å²) in [5, 5.41) is 2.89. The third-order valence-corrected chi connectivity index (χ3v) is 6.01. The van der Waals surface area contributed by atoms with Crippen LogP contribution in [0.5, 0.6) is 0 Å². The third-order valence-electron chi connectivity index (χ3n) is 6.01. The van der Waals surface area contributed by atoms with E-state index < -0.39 is 22.7 Å². The Bertz CT molecular complexity index is 1110. The van der Waals surface area contributed by atoms with Crippen molar-refractivity contribution in [2.75, 3.05) is 20.1 Å². The van der Waals surface area contributed by atoms with Crippen molar-refractivity contribution >= 4 is 16.9 Å². The van der Waals surface area contributed by atoms with Crippen LogP contribution in [-0.4, -0.2) is 50.7 Å². The number of aryl methyl sites for hydroxylation is 2. The number of amides is 1. The number of aromatic nitrogens is 3. The van der Waals surface area contributed by atoms with E-state index in [0.29, 0.717) is 19.1 Å². The van der Waals surface area contributed by atoms with Gasteiger partial charge in [-0.15, -0.1) is 0 Å². The second-order valence-electron chi connectivity index (χ2n) is 7.89. The lowest BCUT2D eigenvalue weighted by Gasteiger charge is -2.31. The zero-order chi connectivity index (χ0) is 21.3. The summed E-state index contributed by atoms with van der Waals surface area (Å²) in [6.45, 7) is 1.10. The molecule has 0 aromatic carbocycles. The lowest BCUT2D eigenvalue weighted by atomic mass is 9.94. The van der Waals surface area contributed by atoms with E-state index in [1.54, 1.807) is 0 Å². The summed E-state index contributed by atoms with van der Waals surface area (Å²) in [5.74, 6) is -0.486. The fraction of sp³-hybridized carbons (Fsp3) is 0.600. The second kappa shape index (κ2) is 8.36. The number of nitrogens with zero attached hydrogens (tertiary/aromatic N) is 4. The van der Waals surface area contributed by atoms with Crippen molar-refractivity contribution < 1.29 is 4.79 Å². The highest BCUT2D eigenvalue weighted by Crippen LogP contribution is 2.21. The number of likely N-dealkylation sites (N-methyl/N-ethyl adjacent to an activating group) is 1. The van der Waals surface area contributed by atoms with E-state index in [1.165, 1.54) is 62.4 Å². The average molecular weight is 403 g/mol. The van der Waals surface area contributed by atoms with Crippen LogP contribution in [0.1, 0.15) is 42.5 Å². The number of pyridine rings is 1. The Labute approximate surface area is 168 Å². The van der Waals surface area contributed by atoms with Gasteiger partial charge in [-0.1, -0.05) is 19.3 Å². The minimum Gasteiger partial charge on any atom is -0.351 e. The highest BCUT2D eigenvalue weighted by atomic mass is 16.2. The number of rotatable bonds is 5. The average Bonchev–Trinajstić information content (AvgIpc) is 2.72. The van der Waals surface area contributed by atoms with Crippen LogP contribution in [-0.2, 0) is 21.1 Å². The fourth-order valence-corrected chi connectivity index (χ4v) is 4.18. The Morgan fingerprint density at radius 3 is 2.38 bits per heavy atom. The molecule has 2 heterocycles. The lowest BCUT2D eigenvalue weighted by Crippen LogP contribution is -2.42. The van der Waals surface area contributed by atoms with Crippen LogP contribution in [0.2, 0.25) is 0 Å². The molecule has 1 fully saturated rings. The van der Waals surface area contributed by atoms with Crippen molar-refractivity contribution in [1.29, 1.82) is 0 Å². The molecule has 0 unspecified atom stereocenters. The maximum absolute atomic E-state index is 12.8. The molecule has 9 nitrogen and oxygen atoms in total. The largest absolute Gasteiger partial charge is 0.351 e. The Morgan fingerprint density at radius 1 is 1.07 bits per heavy atom. The molecule has 0 spiro atoms. The van der Waals surface area contributed by atoms with E-state index in [9.17, 15) is 19.2 Å². The maximum Gasteiger partial charge on any atom is 0.332 e. The smallest absolute Gasteiger partial charge is 0.332 e. The molecule has 2 aromatic rings. The van der Waals surface area contributed by atoms with Crippen LogP contribution in [0, 0.1) is 0 Å². The van der Waals surface area contributed by atoms with Crippen LogP contribution in [0.15, 0.2) is 20.4 Å². The first kappa shape index (κ1) is 21.0. The molecule has 1 aliphatic carbocycles. The van der Waals surface area contributed by atoms with Gasteiger partial charge >= 0.3 is 5.69 Å². The van der Waals surface area contributed by atoms with Crippen molar-refractivity contribution in [2.24, 2.45) is 21.1 Å². The molecule has 1 N–H and O–H groups in total. The standard InChI is InChI=1S/C20H29N5O4/c1-22(13-8-6-5-7-9-13)11-10-21-17(27)14-12-15(26)23(2)18-16(14)19(28)25(4)20(29)24(18)3/h12-13H,5-11H2,1-4H3,(H,21,27). The molecular weight excluding hydrogens is 374 g/mol. The van der Waals surface area contributed by atoms with Crippen molar-refractivity contribution in [3.05, 3.63) is 42.8 Å². The molecule has 2 aromatic heterocycles. The molecule has 1 aliphatic rings. The first-order chi connectivity index (χ1) is 13.7. The number of fused-ring (bicyclic) bond motifs is 1. The number of hydrogen-bond donors (Lipinski definition) is 1. The minimum atomic E-state index is -0.594. The highest BCUT2D eigenvalue weighted by Gasteiger charge is 2.21. The first-order valence-electron chi connectivity index (χ1n) is 10.0. The molecular formula is C20H29N5O4. The van der Waals surface area contributed by atoms with Crippen LogP contribution in [0.25, 0.3) is 11.0 Å². The number of carbonyl (C=O) groups excluding carboxylic acids is 1. The Morgan fingerprint density at radius 2 is 1.72 bits per heavy atom. The van der Waals surface area contributed by atoms with E-state index in [0.717, 1.165) is 10.6 Å². The van der Waals surface area contributed by atoms with Crippen molar-refractivity contribution in [3.8, 4) is 0 Å². The molecule has 1 amide bonds. The quantitative estimate of drug-likeness (QED) is 0.754. The van der Waals surface area contributed by atoms with Gasteiger partial charge in [-0.2, -0.15) is 0 Å². The summed E-state index contributed by atoms with van der Waals surface area (Å²) in [5.41, 5.74) is -1.47. The summed E-state index contributed by atoms with van der Waals surface area (Å²) >= 11 is 0. The Hall–Kier alpha value is -2.68. The van der Waals surface area contributed by atoms with Gasteiger partial charge in [-0.05, 0) is 19.9 Å². The minimum absolute atomic E-state index is 0.000352. The van der Waals surface area contributed by atoms with Crippen LogP contribution >= 0.6 is 0 Å². The summed E-state index contributed by atoms with van der Waals surface area (Å²) in [6, 6.07) is 1.70. The van der Waals surface area contributed by atoms with E-state index in [2.05, 4.69) is 17.3 Å². The van der Waals surface area contributed by atoms with Crippen molar-refractivity contribution in [3.63, 3.8) is 0 Å². The summed E-state index contributed by atoms with van der Waals surface area (Å²) in [6.07, 6.45) is 6.11. The Balaban J connectivity index is 1.88. The Kier molecular flexibility index (Phi) is 6.07. The topological polar surface area (TPSA) is 98.3 Å². The van der Waals surface area contributed by atoms with Crippen LogP contribution in [0.4, 0.5) is 0 Å². The zero-order valence-corrected chi connectivity index (χ0v) is 17.5. The fourth-order valence-electron chi connectivity index (χ4n) is 4.18. The van der Waals surface area contributed by atoms with Gasteiger partial charge in [0.1, 0.15) is 5.65 Å². The molecule has 158 valence electrons. The van der Waals surface area contributed by atoms with Crippen molar-refractivity contribution in [1.82, 2.24) is 23.9 Å². The molecule has 0 atom stereocenters. The first-order valence-corrected chi connectivity index (χ1v) is 10.0. The molecule has 0 saturated heterocycles. The van der Waals surface area contributed by atoms with Gasteiger partial charge in [-0.3, -0.25) is 28.1 Å². The number of hydrogen-bond acceptors (Lipinski definition) is 5. The number of nitrogens with one attached hydrogen (secondary N) is 1. The highest BCUT2D eigenvalue weighted by molar-refractivity contribution is 6.05. The third kappa shape index (κ3) is 3.91. The van der Waals surface area contributed by atoms with E-state index >= 15 is 0 Å². The molecule has 1 saturated carbocycles. The van der Waals surface area contributed by atoms with Gasteiger partial charge in [0.25, 0.3) is 17.0 Å². The van der Waals surface area contributed by atoms with Gasteiger partial charge in [-0.25, -0.2) is 4.79 Å². The van der Waals surface area contributed by atoms with E-state index in [4.69, 9.17) is 0 Å². The summed E-state index contributed by atoms with van der Waals surface area (Å²) in [7, 11) is 6.37. The van der Waals surface area contributed by atoms with Gasteiger partial charge in [0, 0.05) is 46.3 Å². The molecule has 0 bridgehead atoms. The van der Waals surface area contributed by atoms with Gasteiger partial charge < -0.3 is 10.2 Å². The zero-order valence-electron chi connectivity index (χ0n) is 17.5. The van der Waals surface area contributed by atoms with Gasteiger partial charge in [0.05, 0.1) is 10.9 Å². The lowest BCUT2D eigenvalue weighted by molar-refractivity contribution is 0.0946. The predicted molar refractivity (Wildman–Crippen MR) is 112 cm³/mol. The predicted octanol–water partition coefficient (Wildman–Crippen LogP) is -0.0698. The number of carbonyl (C=O) groups is 1. The maximum atomic E-state index is 12.8. The second-order valence-corrected chi connectivity index (χ2v) is 7.89.